The van der Waals surface area contributed by atoms with Crippen molar-refractivity contribution in [2.24, 2.45) is 0 Å². The molecule has 1 heterocycles. The summed E-state index contributed by atoms with van der Waals surface area (Å²) in [7, 11) is -3.85. The van der Waals surface area contributed by atoms with Gasteiger partial charge in [0, 0.05) is 24.7 Å². The minimum absolute atomic E-state index is 0.105. The molecule has 0 saturated carbocycles. The van der Waals surface area contributed by atoms with E-state index in [1.807, 2.05) is 0 Å². The first kappa shape index (κ1) is 21.4. The van der Waals surface area contributed by atoms with Crippen LogP contribution >= 0.6 is 0 Å². The fourth-order valence-corrected chi connectivity index (χ4v) is 5.06. The first-order valence-electron chi connectivity index (χ1n) is 9.28. The molecule has 2 aromatic rings. The lowest BCUT2D eigenvalue weighted by molar-refractivity contribution is -0.126. The molecule has 1 amide bonds. The highest BCUT2D eigenvalue weighted by molar-refractivity contribution is 7.89. The predicted molar refractivity (Wildman–Crippen MR) is 102 cm³/mol. The molecule has 6 nitrogen and oxygen atoms in total. The Kier molecular flexibility index (Phi) is 6.61. The molecule has 0 spiro atoms. The molecule has 1 saturated heterocycles. The molecule has 156 valence electrons. The summed E-state index contributed by atoms with van der Waals surface area (Å²) >= 11 is 0. The summed E-state index contributed by atoms with van der Waals surface area (Å²) in [5, 5.41) is 12.6. The van der Waals surface area contributed by atoms with Crippen LogP contribution < -0.4 is 5.32 Å². The fraction of sp³-hybridized carbons (Fsp3) is 0.350. The number of nitrogens with zero attached hydrogens (tertiary/aromatic N) is 1. The molecule has 0 radical (unpaired) electrons. The van der Waals surface area contributed by atoms with Crippen molar-refractivity contribution in [1.82, 2.24) is 9.62 Å². The van der Waals surface area contributed by atoms with Gasteiger partial charge < -0.3 is 10.4 Å². The Morgan fingerprint density at radius 1 is 1.17 bits per heavy atom. The highest BCUT2D eigenvalue weighted by Crippen LogP contribution is 2.26. The number of amides is 1. The molecule has 29 heavy (non-hydrogen) atoms. The Hall–Kier alpha value is -2.36. The minimum atomic E-state index is -3.85. The Morgan fingerprint density at radius 2 is 1.90 bits per heavy atom. The molecular formula is C20H22F2N2O4S. The molecule has 0 aromatic heterocycles. The lowest BCUT2D eigenvalue weighted by Gasteiger charge is -2.33. The second-order valence-corrected chi connectivity index (χ2v) is 8.76. The van der Waals surface area contributed by atoms with E-state index in [9.17, 15) is 27.1 Å². The molecule has 1 aliphatic rings. The molecule has 0 bridgehead atoms. The van der Waals surface area contributed by atoms with Crippen LogP contribution in [0.2, 0.25) is 0 Å². The Labute approximate surface area is 168 Å². The number of halogens is 2. The monoisotopic (exact) mass is 424 g/mol. The van der Waals surface area contributed by atoms with Crippen molar-refractivity contribution < 1.29 is 27.1 Å². The van der Waals surface area contributed by atoms with E-state index < -0.39 is 39.7 Å². The van der Waals surface area contributed by atoms with E-state index in [4.69, 9.17) is 0 Å². The van der Waals surface area contributed by atoms with Gasteiger partial charge in [-0.3, -0.25) is 4.79 Å². The molecule has 2 unspecified atom stereocenters. The average molecular weight is 424 g/mol. The maximum atomic E-state index is 13.8. The number of sulfonamides is 1. The zero-order valence-corrected chi connectivity index (χ0v) is 16.4. The van der Waals surface area contributed by atoms with E-state index in [0.717, 1.165) is 12.1 Å². The van der Waals surface area contributed by atoms with E-state index in [-0.39, 0.29) is 23.5 Å². The summed E-state index contributed by atoms with van der Waals surface area (Å²) in [6, 6.07) is 9.72. The first-order chi connectivity index (χ1) is 13.8. The molecule has 0 aliphatic carbocycles. The predicted octanol–water partition coefficient (Wildman–Crippen LogP) is 2.36. The number of nitrogens with one attached hydrogen (secondary N) is 1. The second-order valence-electron chi connectivity index (χ2n) is 6.87. The lowest BCUT2D eigenvalue weighted by Crippen LogP contribution is -2.52. The molecule has 1 aliphatic heterocycles. The largest absolute Gasteiger partial charge is 0.386 e. The molecule has 2 N–H and O–H groups in total. The second kappa shape index (κ2) is 8.98. The Bertz CT molecular complexity index is 970. The van der Waals surface area contributed by atoms with Gasteiger partial charge in [0.05, 0.1) is 11.0 Å². The molecule has 9 heteroatoms. The fourth-order valence-electron chi connectivity index (χ4n) is 3.38. The van der Waals surface area contributed by atoms with Crippen LogP contribution in [0.25, 0.3) is 0 Å². The third-order valence-corrected chi connectivity index (χ3v) is 6.82. The number of carbonyl (C=O) groups excluding carboxylic acids is 1. The number of hydrogen-bond donors (Lipinski definition) is 2. The van der Waals surface area contributed by atoms with Gasteiger partial charge in [0.1, 0.15) is 17.7 Å². The van der Waals surface area contributed by atoms with Crippen LogP contribution in [0.1, 0.15) is 30.9 Å². The van der Waals surface area contributed by atoms with Gasteiger partial charge in [0.15, 0.2) is 0 Å². The number of rotatable bonds is 6. The number of piperidine rings is 1. The van der Waals surface area contributed by atoms with Crippen LogP contribution in [0.5, 0.6) is 0 Å². The van der Waals surface area contributed by atoms with Crippen LogP contribution in [0, 0.1) is 11.6 Å². The highest BCUT2D eigenvalue weighted by atomic mass is 32.2. The van der Waals surface area contributed by atoms with Crippen molar-refractivity contribution >= 4 is 15.9 Å². The number of carbonyl (C=O) groups is 1. The molecule has 1 fully saturated rings. The highest BCUT2D eigenvalue weighted by Gasteiger charge is 2.37. The topological polar surface area (TPSA) is 86.7 Å². The van der Waals surface area contributed by atoms with Gasteiger partial charge in [-0.25, -0.2) is 17.2 Å². The molecule has 2 atom stereocenters. The number of hydrogen-bond acceptors (Lipinski definition) is 4. The van der Waals surface area contributed by atoms with Gasteiger partial charge in [0.25, 0.3) is 0 Å². The van der Waals surface area contributed by atoms with Gasteiger partial charge in [-0.05, 0) is 31.0 Å². The SMILES string of the molecule is O=C(NCC(O)c1ccc(F)cc1F)C1CCCCN1S(=O)(=O)c1ccccc1. The zero-order valence-electron chi connectivity index (χ0n) is 15.6. The van der Waals surface area contributed by atoms with Gasteiger partial charge in [-0.1, -0.05) is 30.7 Å². The zero-order chi connectivity index (χ0) is 21.0. The van der Waals surface area contributed by atoms with Gasteiger partial charge >= 0.3 is 0 Å². The van der Waals surface area contributed by atoms with E-state index in [1.54, 1.807) is 18.2 Å². The summed E-state index contributed by atoms with van der Waals surface area (Å²) in [6.45, 7) is -0.110. The number of benzene rings is 2. The number of aliphatic hydroxyl groups excluding tert-OH is 1. The Morgan fingerprint density at radius 3 is 2.59 bits per heavy atom. The minimum Gasteiger partial charge on any atom is -0.386 e. The summed E-state index contributed by atoms with van der Waals surface area (Å²) in [5.74, 6) is -2.25. The third kappa shape index (κ3) is 4.80. The van der Waals surface area contributed by atoms with Crippen molar-refractivity contribution in [3.63, 3.8) is 0 Å². The Balaban J connectivity index is 1.71. The molecule has 2 aromatic carbocycles. The van der Waals surface area contributed by atoms with Crippen LogP contribution in [0.4, 0.5) is 8.78 Å². The third-order valence-electron chi connectivity index (χ3n) is 4.90. The summed E-state index contributed by atoms with van der Waals surface area (Å²) in [5.41, 5.74) is -0.149. The van der Waals surface area contributed by atoms with E-state index >= 15 is 0 Å². The van der Waals surface area contributed by atoms with Crippen molar-refractivity contribution in [3.05, 3.63) is 65.7 Å². The van der Waals surface area contributed by atoms with Crippen molar-refractivity contribution in [3.8, 4) is 0 Å². The van der Waals surface area contributed by atoms with Crippen LogP contribution in [-0.4, -0.2) is 42.9 Å². The van der Waals surface area contributed by atoms with Crippen molar-refractivity contribution in [2.45, 2.75) is 36.3 Å². The standard InChI is InChI=1S/C20H22F2N2O4S/c21-14-9-10-16(17(22)12-14)19(25)13-23-20(26)18-8-4-5-11-24(18)29(27,28)15-6-2-1-3-7-15/h1-3,6-7,9-10,12,18-19,25H,4-5,8,11,13H2,(H,23,26). The molecular weight excluding hydrogens is 402 g/mol. The van der Waals surface area contributed by atoms with Gasteiger partial charge in [0.2, 0.25) is 15.9 Å². The van der Waals surface area contributed by atoms with E-state index in [2.05, 4.69) is 5.32 Å². The van der Waals surface area contributed by atoms with Gasteiger partial charge in [-0.2, -0.15) is 4.31 Å². The van der Waals surface area contributed by atoms with Crippen molar-refractivity contribution in [1.29, 1.82) is 0 Å². The average Bonchev–Trinajstić information content (AvgIpc) is 2.72. The maximum Gasteiger partial charge on any atom is 0.243 e. The smallest absolute Gasteiger partial charge is 0.243 e. The summed E-state index contributed by atoms with van der Waals surface area (Å²) in [4.78, 5) is 12.8. The van der Waals surface area contributed by atoms with Gasteiger partial charge in [-0.15, -0.1) is 0 Å². The summed E-state index contributed by atoms with van der Waals surface area (Å²) < 4.78 is 53.9. The summed E-state index contributed by atoms with van der Waals surface area (Å²) in [6.07, 6.45) is 0.286. The van der Waals surface area contributed by atoms with E-state index in [1.165, 1.54) is 16.4 Å². The van der Waals surface area contributed by atoms with E-state index in [0.29, 0.717) is 25.3 Å². The normalized spacial score (nSPS) is 18.9. The van der Waals surface area contributed by atoms with Crippen LogP contribution in [0.3, 0.4) is 0 Å². The van der Waals surface area contributed by atoms with Crippen molar-refractivity contribution in [2.75, 3.05) is 13.1 Å². The lowest BCUT2D eigenvalue weighted by atomic mass is 10.0. The number of aliphatic hydroxyl groups is 1. The first-order valence-corrected chi connectivity index (χ1v) is 10.7. The van der Waals surface area contributed by atoms with Crippen LogP contribution in [0.15, 0.2) is 53.4 Å². The maximum absolute atomic E-state index is 13.8. The van der Waals surface area contributed by atoms with Crippen LogP contribution in [-0.2, 0) is 14.8 Å². The quantitative estimate of drug-likeness (QED) is 0.745. The molecule has 3 rings (SSSR count).